The van der Waals surface area contributed by atoms with Crippen molar-refractivity contribution in [3.05, 3.63) is 91.0 Å². The van der Waals surface area contributed by atoms with Crippen molar-refractivity contribution in [1.29, 1.82) is 0 Å². The molecule has 3 aromatic rings. The minimum Gasteiger partial charge on any atom is -0.349 e. The molecule has 0 spiro atoms. The van der Waals surface area contributed by atoms with Crippen LogP contribution in [-0.2, 0) is 9.47 Å². The second-order valence-electron chi connectivity index (χ2n) is 6.16. The average molecular weight is 378 g/mol. The van der Waals surface area contributed by atoms with Crippen LogP contribution in [0.2, 0.25) is 0 Å². The van der Waals surface area contributed by atoms with Crippen molar-refractivity contribution in [2.45, 2.75) is 20.1 Å². The largest absolute Gasteiger partial charge is 0.349 e. The van der Waals surface area contributed by atoms with Gasteiger partial charge in [-0.15, -0.1) is 0 Å². The first-order valence-electron chi connectivity index (χ1n) is 9.46. The quantitative estimate of drug-likeness (QED) is 0.432. The van der Waals surface area contributed by atoms with Gasteiger partial charge in [0.15, 0.2) is 6.29 Å². The first kappa shape index (κ1) is 19.6. The zero-order valence-electron chi connectivity index (χ0n) is 16.0. The van der Waals surface area contributed by atoms with Gasteiger partial charge in [-0.05, 0) is 42.4 Å². The predicted octanol–water partition coefficient (Wildman–Crippen LogP) is 4.18. The van der Waals surface area contributed by atoms with Gasteiger partial charge in [-0.3, -0.25) is 0 Å². The second-order valence-corrected chi connectivity index (χ2v) is 9.45. The van der Waals surface area contributed by atoms with E-state index in [1.165, 1.54) is 15.9 Å². The molecular formula is C24H27O2P. The lowest BCUT2D eigenvalue weighted by Crippen LogP contribution is -2.31. The lowest BCUT2D eigenvalue weighted by atomic mass is 10.4. The minimum atomic E-state index is -2.04. The van der Waals surface area contributed by atoms with Gasteiger partial charge >= 0.3 is 0 Å². The number of benzene rings is 3. The highest BCUT2D eigenvalue weighted by atomic mass is 31.2. The number of ether oxygens (including phenoxy) is 2. The van der Waals surface area contributed by atoms with Crippen molar-refractivity contribution in [2.75, 3.05) is 13.2 Å². The first-order chi connectivity index (χ1) is 13.3. The van der Waals surface area contributed by atoms with Gasteiger partial charge in [0.1, 0.15) is 0 Å². The van der Waals surface area contributed by atoms with Crippen LogP contribution in [0.15, 0.2) is 91.0 Å². The molecular weight excluding hydrogens is 351 g/mol. The maximum atomic E-state index is 5.95. The van der Waals surface area contributed by atoms with Gasteiger partial charge in [0.25, 0.3) is 0 Å². The molecule has 2 nitrogen and oxygen atoms in total. The summed E-state index contributed by atoms with van der Waals surface area (Å²) in [6.45, 7) is 3.19. The van der Waals surface area contributed by atoms with E-state index in [4.69, 9.17) is 9.47 Å². The van der Waals surface area contributed by atoms with Gasteiger partial charge in [-0.2, -0.15) is 0 Å². The van der Waals surface area contributed by atoms with Crippen LogP contribution in [-0.4, -0.2) is 25.3 Å². The fourth-order valence-electron chi connectivity index (χ4n) is 3.34. The van der Waals surface area contributed by atoms with Gasteiger partial charge < -0.3 is 9.47 Å². The van der Waals surface area contributed by atoms with E-state index in [2.05, 4.69) is 96.8 Å². The number of hydrogen-bond donors (Lipinski definition) is 0. The second kappa shape index (κ2) is 9.71. The Hall–Kier alpha value is -2.12. The van der Waals surface area contributed by atoms with Gasteiger partial charge in [0.05, 0.1) is 0 Å². The maximum absolute atomic E-state index is 5.95. The molecule has 0 bridgehead atoms. The van der Waals surface area contributed by atoms with Crippen molar-refractivity contribution in [3.8, 4) is 0 Å². The average Bonchev–Trinajstić information content (AvgIpc) is 2.74. The molecule has 0 atom stereocenters. The molecule has 0 saturated heterocycles. The Labute approximate surface area is 162 Å². The van der Waals surface area contributed by atoms with Crippen molar-refractivity contribution >= 4 is 28.6 Å². The maximum Gasteiger partial charge on any atom is 0.178 e. The molecule has 3 heteroatoms. The standard InChI is InChI=1S/C24H27O2P/c1-3-25-24(26-4-2)20-27(21-14-8-5-9-15-21,22-16-10-6-11-17-22)23-18-12-7-13-19-23/h5-20,24H,3-4H2,1-2H3. The zero-order valence-corrected chi connectivity index (χ0v) is 16.9. The molecule has 0 amide bonds. The molecule has 0 unspecified atom stereocenters. The fourth-order valence-corrected chi connectivity index (χ4v) is 7.22. The highest BCUT2D eigenvalue weighted by Gasteiger charge is 2.26. The van der Waals surface area contributed by atoms with Crippen LogP contribution in [0.3, 0.4) is 0 Å². The third-order valence-electron chi connectivity index (χ3n) is 4.50. The Kier molecular flexibility index (Phi) is 7.06. The van der Waals surface area contributed by atoms with Crippen LogP contribution >= 0.6 is 6.89 Å². The van der Waals surface area contributed by atoms with Crippen LogP contribution in [0.4, 0.5) is 0 Å². The van der Waals surface area contributed by atoms with Crippen LogP contribution in [0.1, 0.15) is 13.8 Å². The number of hydrogen-bond acceptors (Lipinski definition) is 2. The monoisotopic (exact) mass is 378 g/mol. The molecule has 0 aliphatic carbocycles. The van der Waals surface area contributed by atoms with E-state index in [0.717, 1.165) is 0 Å². The van der Waals surface area contributed by atoms with Crippen LogP contribution in [0, 0.1) is 0 Å². The molecule has 0 aliphatic rings. The van der Waals surface area contributed by atoms with E-state index in [1.54, 1.807) is 0 Å². The van der Waals surface area contributed by atoms with Gasteiger partial charge in [-0.1, -0.05) is 91.0 Å². The normalized spacial score (nSPS) is 11.5. The Morgan fingerprint density at radius 1 is 0.630 bits per heavy atom. The highest BCUT2D eigenvalue weighted by Crippen LogP contribution is 2.44. The molecule has 0 radical (unpaired) electrons. The highest BCUT2D eigenvalue weighted by molar-refractivity contribution is 7.94. The lowest BCUT2D eigenvalue weighted by Gasteiger charge is -2.30. The smallest absolute Gasteiger partial charge is 0.178 e. The SMILES string of the molecule is CCOC(C=P(c1ccccc1)(c1ccccc1)c1ccccc1)OCC. The zero-order chi connectivity index (χ0) is 19.0. The molecule has 0 aliphatic heterocycles. The summed E-state index contributed by atoms with van der Waals surface area (Å²) in [5.41, 5.74) is 0. The lowest BCUT2D eigenvalue weighted by molar-refractivity contribution is -0.0855. The molecule has 3 rings (SSSR count). The molecule has 140 valence electrons. The molecule has 0 aromatic heterocycles. The van der Waals surface area contributed by atoms with E-state index in [0.29, 0.717) is 13.2 Å². The van der Waals surface area contributed by atoms with E-state index in [9.17, 15) is 0 Å². The number of rotatable bonds is 8. The Bertz CT molecular complexity index is 751. The van der Waals surface area contributed by atoms with Crippen LogP contribution in [0.5, 0.6) is 0 Å². The summed E-state index contributed by atoms with van der Waals surface area (Å²) >= 11 is 0. The summed E-state index contributed by atoms with van der Waals surface area (Å²) in [5, 5.41) is 3.89. The third-order valence-corrected chi connectivity index (χ3v) is 8.53. The van der Waals surface area contributed by atoms with Gasteiger partial charge in [0, 0.05) is 13.2 Å². The predicted molar refractivity (Wildman–Crippen MR) is 118 cm³/mol. The fraction of sp³-hybridized carbons (Fsp3) is 0.208. The Morgan fingerprint density at radius 2 is 0.963 bits per heavy atom. The van der Waals surface area contributed by atoms with E-state index >= 15 is 0 Å². The molecule has 3 aromatic carbocycles. The summed E-state index contributed by atoms with van der Waals surface area (Å²) in [6.07, 6.45) is -0.353. The summed E-state index contributed by atoms with van der Waals surface area (Å²) in [4.78, 5) is 0. The van der Waals surface area contributed by atoms with E-state index in [-0.39, 0.29) is 6.29 Å². The Balaban J connectivity index is 2.35. The molecule has 0 heterocycles. The van der Waals surface area contributed by atoms with Crippen molar-refractivity contribution in [1.82, 2.24) is 0 Å². The van der Waals surface area contributed by atoms with Crippen molar-refractivity contribution in [2.24, 2.45) is 0 Å². The van der Waals surface area contributed by atoms with Crippen molar-refractivity contribution in [3.63, 3.8) is 0 Å². The van der Waals surface area contributed by atoms with Gasteiger partial charge in [-0.25, -0.2) is 0 Å². The topological polar surface area (TPSA) is 18.5 Å². The van der Waals surface area contributed by atoms with Crippen molar-refractivity contribution < 1.29 is 9.47 Å². The van der Waals surface area contributed by atoms with Gasteiger partial charge in [0.2, 0.25) is 0 Å². The van der Waals surface area contributed by atoms with Crippen LogP contribution in [0.25, 0.3) is 0 Å². The first-order valence-corrected chi connectivity index (χ1v) is 11.3. The molecule has 0 saturated carbocycles. The third kappa shape index (κ3) is 4.42. The summed E-state index contributed by atoms with van der Waals surface area (Å²) in [7, 11) is 0. The molecule has 0 fully saturated rings. The van der Waals surface area contributed by atoms with E-state index < -0.39 is 6.89 Å². The Morgan fingerprint density at radius 3 is 1.26 bits per heavy atom. The summed E-state index contributed by atoms with van der Waals surface area (Å²) in [5.74, 6) is 2.31. The van der Waals surface area contributed by atoms with Crippen LogP contribution < -0.4 is 15.9 Å². The summed E-state index contributed by atoms with van der Waals surface area (Å²) < 4.78 is 11.9. The minimum absolute atomic E-state index is 0.353. The molecule has 0 N–H and O–H groups in total. The van der Waals surface area contributed by atoms with E-state index in [1.807, 2.05) is 13.8 Å². The molecule has 27 heavy (non-hydrogen) atoms. The summed E-state index contributed by atoms with van der Waals surface area (Å²) in [6, 6.07) is 32.2.